The summed E-state index contributed by atoms with van der Waals surface area (Å²) in [5.41, 5.74) is 0.588. The molecule has 0 spiro atoms. The number of tetrazole rings is 1. The minimum atomic E-state index is -4.46. The highest BCUT2D eigenvalue weighted by Gasteiger charge is 2.31. The Hall–Kier alpha value is -4.00. The fraction of sp³-hybridized carbons (Fsp3) is 0.320. The van der Waals surface area contributed by atoms with E-state index in [9.17, 15) is 25.8 Å². The van der Waals surface area contributed by atoms with Crippen LogP contribution in [-0.2, 0) is 42.1 Å². The number of ether oxygens (including phenoxy) is 1. The van der Waals surface area contributed by atoms with Crippen LogP contribution < -0.4 is 10.0 Å². The summed E-state index contributed by atoms with van der Waals surface area (Å²) in [4.78, 5) is 17.0. The highest BCUT2D eigenvalue weighted by atomic mass is 32.2. The van der Waals surface area contributed by atoms with Crippen LogP contribution >= 0.6 is 0 Å². The Kier molecular flexibility index (Phi) is 9.43. The van der Waals surface area contributed by atoms with E-state index in [0.717, 1.165) is 4.68 Å². The molecule has 1 aliphatic heterocycles. The Morgan fingerprint density at radius 1 is 1.07 bits per heavy atom. The molecule has 15 nitrogen and oxygen atoms in total. The highest BCUT2D eigenvalue weighted by molar-refractivity contribution is 8.03. The molecule has 3 aromatic rings. The van der Waals surface area contributed by atoms with E-state index < -0.39 is 54.4 Å². The number of aromatic nitrogens is 4. The molecule has 1 aromatic heterocycles. The quantitative estimate of drug-likeness (QED) is 0.256. The monoisotopic (exact) mass is 651 g/mol. The van der Waals surface area contributed by atoms with Crippen LogP contribution in [0.4, 0.5) is 10.5 Å². The van der Waals surface area contributed by atoms with Crippen molar-refractivity contribution >= 4 is 47.8 Å². The van der Waals surface area contributed by atoms with Gasteiger partial charge in [0, 0.05) is 11.8 Å². The van der Waals surface area contributed by atoms with Crippen LogP contribution in [0.3, 0.4) is 0 Å². The van der Waals surface area contributed by atoms with Crippen molar-refractivity contribution in [1.82, 2.24) is 25.5 Å². The number of rotatable bonds is 11. The van der Waals surface area contributed by atoms with E-state index in [1.54, 1.807) is 63.2 Å². The number of nitrogens with zero attached hydrogens (tertiary/aromatic N) is 5. The van der Waals surface area contributed by atoms with Gasteiger partial charge in [-0.15, -0.1) is 0 Å². The zero-order chi connectivity index (χ0) is 31.4. The average Bonchev–Trinajstić information content (AvgIpc) is 3.54. The minimum absolute atomic E-state index is 0.0764. The molecule has 1 amide bonds. The zero-order valence-corrected chi connectivity index (χ0v) is 25.7. The summed E-state index contributed by atoms with van der Waals surface area (Å²) in [5, 5.41) is 14.7. The number of amides is 1. The molecule has 0 radical (unpaired) electrons. The van der Waals surface area contributed by atoms with Gasteiger partial charge in [-0.2, -0.15) is 13.1 Å². The third kappa shape index (κ3) is 8.99. The fourth-order valence-electron chi connectivity index (χ4n) is 3.91. The molecule has 1 unspecified atom stereocenters. The van der Waals surface area contributed by atoms with Gasteiger partial charge >= 0.3 is 16.4 Å². The van der Waals surface area contributed by atoms with Crippen molar-refractivity contribution in [3.63, 3.8) is 0 Å². The summed E-state index contributed by atoms with van der Waals surface area (Å²) in [6, 6.07) is 13.5. The number of nitrogens with one attached hydrogen (secondary N) is 2. The second-order valence-electron chi connectivity index (χ2n) is 10.3. The van der Waals surface area contributed by atoms with Gasteiger partial charge in [-0.05, 0) is 67.4 Å². The van der Waals surface area contributed by atoms with Gasteiger partial charge in [-0.3, -0.25) is 9.27 Å². The van der Waals surface area contributed by atoms with Crippen LogP contribution in [0.25, 0.3) is 5.69 Å². The molecule has 0 aliphatic carbocycles. The van der Waals surface area contributed by atoms with Gasteiger partial charge in [0.1, 0.15) is 10.6 Å². The lowest BCUT2D eigenvalue weighted by atomic mass is 10.1. The molecule has 2 heterocycles. The molecule has 230 valence electrons. The Labute approximate surface area is 250 Å². The molecule has 18 heteroatoms. The molecular weight excluding hydrogens is 623 g/mol. The summed E-state index contributed by atoms with van der Waals surface area (Å²) in [6.45, 7) is 5.05. The second-order valence-corrected chi connectivity index (χ2v) is 14.7. The van der Waals surface area contributed by atoms with E-state index in [-0.39, 0.29) is 34.4 Å². The van der Waals surface area contributed by atoms with E-state index in [1.165, 1.54) is 17.5 Å². The zero-order valence-electron chi connectivity index (χ0n) is 23.2. The number of para-hydroxylation sites is 1. The second kappa shape index (κ2) is 12.7. The largest absolute Gasteiger partial charge is 0.444 e. The van der Waals surface area contributed by atoms with Crippen molar-refractivity contribution in [1.29, 1.82) is 0 Å². The molecule has 0 fully saturated rings. The average molecular weight is 652 g/mol. The Bertz CT molecular complexity index is 1780. The van der Waals surface area contributed by atoms with Crippen molar-refractivity contribution in [2.75, 3.05) is 10.5 Å². The van der Waals surface area contributed by atoms with Crippen LogP contribution in [0.2, 0.25) is 0 Å². The van der Waals surface area contributed by atoms with Crippen molar-refractivity contribution < 1.29 is 35.1 Å². The normalized spacial score (nSPS) is 16.2. The minimum Gasteiger partial charge on any atom is -0.444 e. The molecule has 0 bridgehead atoms. The maximum absolute atomic E-state index is 13.1. The smallest absolute Gasteiger partial charge is 0.408 e. The van der Waals surface area contributed by atoms with E-state index >= 15 is 0 Å². The topological polar surface area (TPSA) is 212 Å². The summed E-state index contributed by atoms with van der Waals surface area (Å²) in [6.07, 6.45) is -0.805. The first kappa shape index (κ1) is 31.9. The number of sulfone groups is 1. The third-order valence-electron chi connectivity index (χ3n) is 5.68. The van der Waals surface area contributed by atoms with Gasteiger partial charge in [-0.25, -0.2) is 22.4 Å². The SMILES string of the molecule is CC(C)(C)OC(=O)N[C@@H](Cc1ccc(NS(=O)(=O)O)cc1)C1=NC(CCS(=O)(=O)c2nnnn2-c2ccccc2)=CS1=O. The summed E-state index contributed by atoms with van der Waals surface area (Å²) in [7, 11) is -10.2. The van der Waals surface area contributed by atoms with Crippen molar-refractivity contribution in [3.8, 4) is 5.69 Å². The predicted octanol–water partition coefficient (Wildman–Crippen LogP) is 2.18. The fourth-order valence-corrected chi connectivity index (χ4v) is 6.74. The molecular formula is C25H29N7O8S3. The first-order chi connectivity index (χ1) is 20.1. The molecule has 0 saturated carbocycles. The van der Waals surface area contributed by atoms with Crippen LogP contribution in [-0.4, -0.2) is 74.3 Å². The van der Waals surface area contributed by atoms with Crippen molar-refractivity contribution in [2.45, 2.75) is 50.4 Å². The van der Waals surface area contributed by atoms with Crippen LogP contribution in [0.15, 0.2) is 75.9 Å². The van der Waals surface area contributed by atoms with E-state index in [2.05, 4.69) is 25.8 Å². The number of aliphatic imine (C=N–C) groups is 1. The maximum atomic E-state index is 13.1. The number of benzene rings is 2. The first-order valence-corrected chi connectivity index (χ1v) is 17.0. The lowest BCUT2D eigenvalue weighted by Crippen LogP contribution is -2.45. The standard InChI is InChI=1S/C25H29N7O8S3/c1-25(2,3)40-24(33)27-21(15-17-9-11-18(12-10-17)29-43(37,38)39)22-26-19(16-41(22)34)13-14-42(35,36)23-28-30-31-32(23)20-7-5-4-6-8-20/h4-12,16,21,29H,13-15H2,1-3H3,(H,27,33)(H,37,38,39)/t21-,41?/m0/s1. The van der Waals surface area contributed by atoms with Gasteiger partial charge in [0.2, 0.25) is 9.84 Å². The Morgan fingerprint density at radius 3 is 2.37 bits per heavy atom. The first-order valence-electron chi connectivity index (χ1n) is 12.7. The number of allylic oxidation sites excluding steroid dienone is 1. The molecule has 0 saturated heterocycles. The molecule has 2 aromatic carbocycles. The van der Waals surface area contributed by atoms with Crippen molar-refractivity contribution in [2.24, 2.45) is 4.99 Å². The number of carbonyl (C=O) groups excluding carboxylic acids is 1. The number of alkyl carbamates (subject to hydrolysis) is 1. The molecule has 1 aliphatic rings. The van der Waals surface area contributed by atoms with Gasteiger partial charge < -0.3 is 10.1 Å². The van der Waals surface area contributed by atoms with E-state index in [0.29, 0.717) is 11.3 Å². The predicted molar refractivity (Wildman–Crippen MR) is 158 cm³/mol. The summed E-state index contributed by atoms with van der Waals surface area (Å²) in [5.74, 6) is -0.424. The van der Waals surface area contributed by atoms with Gasteiger partial charge in [0.15, 0.2) is 0 Å². The van der Waals surface area contributed by atoms with E-state index in [1.807, 2.05) is 4.72 Å². The molecule has 43 heavy (non-hydrogen) atoms. The lowest BCUT2D eigenvalue weighted by Gasteiger charge is -2.23. The number of carbonyl (C=O) groups is 1. The maximum Gasteiger partial charge on any atom is 0.408 e. The third-order valence-corrected chi connectivity index (χ3v) is 9.00. The van der Waals surface area contributed by atoms with Crippen LogP contribution in [0, 0.1) is 0 Å². The van der Waals surface area contributed by atoms with Crippen LogP contribution in [0.5, 0.6) is 0 Å². The summed E-state index contributed by atoms with van der Waals surface area (Å²) < 4.78 is 78.9. The highest BCUT2D eigenvalue weighted by Crippen LogP contribution is 2.22. The van der Waals surface area contributed by atoms with Gasteiger partial charge in [-0.1, -0.05) is 35.4 Å². The van der Waals surface area contributed by atoms with Crippen molar-refractivity contribution in [3.05, 3.63) is 71.3 Å². The Morgan fingerprint density at radius 2 is 1.74 bits per heavy atom. The summed E-state index contributed by atoms with van der Waals surface area (Å²) >= 11 is 0. The molecule has 3 N–H and O–H groups in total. The molecule has 4 rings (SSSR count). The number of anilines is 1. The van der Waals surface area contributed by atoms with Crippen LogP contribution in [0.1, 0.15) is 32.8 Å². The number of hydrogen-bond donors (Lipinski definition) is 3. The Balaban J connectivity index is 1.52. The van der Waals surface area contributed by atoms with Gasteiger partial charge in [0.25, 0.3) is 5.16 Å². The van der Waals surface area contributed by atoms with E-state index in [4.69, 9.17) is 9.29 Å². The number of hydrogen-bond acceptors (Lipinski definition) is 11. The molecule has 2 atom stereocenters. The lowest BCUT2D eigenvalue weighted by molar-refractivity contribution is 0.0518. The van der Waals surface area contributed by atoms with Gasteiger partial charge in [0.05, 0.1) is 39.7 Å².